The Morgan fingerprint density at radius 2 is 1.72 bits per heavy atom. The molecule has 0 bridgehead atoms. The van der Waals surface area contributed by atoms with Gasteiger partial charge in [0.05, 0.1) is 5.56 Å². The van der Waals surface area contributed by atoms with Crippen LogP contribution in [0.2, 0.25) is 0 Å². The number of carboxylic acids is 1. The average molecular weight is 482 g/mol. The van der Waals surface area contributed by atoms with E-state index in [1.54, 1.807) is 42.7 Å². The van der Waals surface area contributed by atoms with Gasteiger partial charge in [0.25, 0.3) is 0 Å². The van der Waals surface area contributed by atoms with Gasteiger partial charge in [-0.15, -0.1) is 0 Å². The molecule has 0 aliphatic heterocycles. The number of nitrogens with zero attached hydrogens (tertiary/aromatic N) is 1. The Hall–Kier alpha value is -4.45. The molecule has 1 aromatic heterocycles. The third kappa shape index (κ3) is 6.36. The lowest BCUT2D eigenvalue weighted by atomic mass is 9.99. The van der Waals surface area contributed by atoms with E-state index in [4.69, 9.17) is 9.47 Å². The second kappa shape index (κ2) is 11.8. The summed E-state index contributed by atoms with van der Waals surface area (Å²) in [5, 5.41) is 9.32. The molecular formula is C30H27NO5. The van der Waals surface area contributed by atoms with E-state index in [1.165, 1.54) is 0 Å². The van der Waals surface area contributed by atoms with Gasteiger partial charge in [-0.05, 0) is 42.7 Å². The molecule has 1 N–H and O–H groups in total. The fourth-order valence-corrected chi connectivity index (χ4v) is 3.91. The molecule has 4 rings (SSSR count). The molecule has 1 heterocycles. The van der Waals surface area contributed by atoms with Crippen LogP contribution in [0.1, 0.15) is 51.6 Å². The number of rotatable bonds is 11. The molecule has 0 spiro atoms. The van der Waals surface area contributed by atoms with Crippen LogP contribution in [0.5, 0.6) is 11.5 Å². The first kappa shape index (κ1) is 24.7. The van der Waals surface area contributed by atoms with Gasteiger partial charge in [-0.1, -0.05) is 60.7 Å². The van der Waals surface area contributed by atoms with Gasteiger partial charge < -0.3 is 14.6 Å². The Bertz CT molecular complexity index is 1320. The number of aliphatic carboxylic acids is 1. The smallest absolute Gasteiger partial charge is 0.303 e. The number of pyridine rings is 1. The summed E-state index contributed by atoms with van der Waals surface area (Å²) in [4.78, 5) is 28.9. The number of carbonyl (C=O) groups is 2. The van der Waals surface area contributed by atoms with Crippen molar-refractivity contribution in [2.24, 2.45) is 0 Å². The van der Waals surface area contributed by atoms with Crippen LogP contribution in [-0.4, -0.2) is 21.8 Å². The molecule has 4 aromatic rings. The molecule has 0 saturated carbocycles. The summed E-state index contributed by atoms with van der Waals surface area (Å²) in [6.45, 7) is 2.26. The SMILES string of the molecule is Cc1ccccc1[C@@H](CCC(=O)O)Oc1cc(OCc2cccnc2)ccc1C(=O)c1ccccc1. The van der Waals surface area contributed by atoms with Crippen molar-refractivity contribution in [2.45, 2.75) is 32.5 Å². The summed E-state index contributed by atoms with van der Waals surface area (Å²) in [6, 6.07) is 25.5. The summed E-state index contributed by atoms with van der Waals surface area (Å²) >= 11 is 0. The van der Waals surface area contributed by atoms with E-state index in [2.05, 4.69) is 4.98 Å². The van der Waals surface area contributed by atoms with E-state index >= 15 is 0 Å². The molecule has 36 heavy (non-hydrogen) atoms. The van der Waals surface area contributed by atoms with Gasteiger partial charge in [-0.2, -0.15) is 0 Å². The fourth-order valence-electron chi connectivity index (χ4n) is 3.91. The Balaban J connectivity index is 1.69. The van der Waals surface area contributed by atoms with E-state index in [-0.39, 0.29) is 18.6 Å². The minimum absolute atomic E-state index is 0.0713. The maximum absolute atomic E-state index is 13.4. The first-order chi connectivity index (χ1) is 17.5. The number of carboxylic acid groups (broad SMARTS) is 1. The van der Waals surface area contributed by atoms with E-state index < -0.39 is 12.1 Å². The minimum Gasteiger partial charge on any atom is -0.489 e. The standard InChI is InChI=1S/C30H27NO5/c1-21-8-5-6-12-25(21)27(15-16-29(32)33)36-28-18-24(35-20-22-9-7-17-31-19-22)13-14-26(28)30(34)23-10-3-2-4-11-23/h2-14,17-19,27H,15-16,20H2,1H3,(H,32,33)/t27-/m1/s1. The predicted molar refractivity (Wildman–Crippen MR) is 136 cm³/mol. The van der Waals surface area contributed by atoms with Crippen molar-refractivity contribution in [3.05, 3.63) is 125 Å². The molecule has 182 valence electrons. The van der Waals surface area contributed by atoms with E-state index in [0.29, 0.717) is 29.2 Å². The highest BCUT2D eigenvalue weighted by atomic mass is 16.5. The van der Waals surface area contributed by atoms with Crippen molar-refractivity contribution in [3.8, 4) is 11.5 Å². The Labute approximate surface area is 210 Å². The lowest BCUT2D eigenvalue weighted by Gasteiger charge is -2.23. The predicted octanol–water partition coefficient (Wildman–Crippen LogP) is 6.18. The molecule has 0 radical (unpaired) electrons. The van der Waals surface area contributed by atoms with Gasteiger partial charge in [-0.3, -0.25) is 14.6 Å². The molecule has 0 unspecified atom stereocenters. The van der Waals surface area contributed by atoms with Gasteiger partial charge in [0, 0.05) is 36.0 Å². The van der Waals surface area contributed by atoms with Gasteiger partial charge in [0.15, 0.2) is 5.78 Å². The highest BCUT2D eigenvalue weighted by Crippen LogP contribution is 2.34. The molecule has 0 amide bonds. The van der Waals surface area contributed by atoms with E-state index in [1.807, 2.05) is 61.5 Å². The van der Waals surface area contributed by atoms with Crippen molar-refractivity contribution in [2.75, 3.05) is 0 Å². The van der Waals surface area contributed by atoms with Gasteiger partial charge in [0.2, 0.25) is 0 Å². The van der Waals surface area contributed by atoms with E-state index in [9.17, 15) is 14.7 Å². The van der Waals surface area contributed by atoms with Crippen LogP contribution in [0.15, 0.2) is 97.3 Å². The summed E-state index contributed by atoms with van der Waals surface area (Å²) in [7, 11) is 0. The Kier molecular flexibility index (Phi) is 8.08. The van der Waals surface area contributed by atoms with Crippen LogP contribution in [0.25, 0.3) is 0 Å². The van der Waals surface area contributed by atoms with E-state index in [0.717, 1.165) is 16.7 Å². The second-order valence-corrected chi connectivity index (χ2v) is 8.40. The number of carbonyl (C=O) groups excluding carboxylic acids is 1. The van der Waals surface area contributed by atoms with Gasteiger partial charge >= 0.3 is 5.97 Å². The molecule has 0 fully saturated rings. The maximum Gasteiger partial charge on any atom is 0.303 e. The first-order valence-electron chi connectivity index (χ1n) is 11.7. The number of hydrogen-bond acceptors (Lipinski definition) is 5. The number of ether oxygens (including phenoxy) is 2. The number of benzene rings is 3. The van der Waals surface area contributed by atoms with Crippen molar-refractivity contribution in [3.63, 3.8) is 0 Å². The third-order valence-corrected chi connectivity index (χ3v) is 5.79. The summed E-state index contributed by atoms with van der Waals surface area (Å²) < 4.78 is 12.4. The molecule has 0 aliphatic carbocycles. The molecule has 6 nitrogen and oxygen atoms in total. The van der Waals surface area contributed by atoms with Crippen LogP contribution in [0.3, 0.4) is 0 Å². The Morgan fingerprint density at radius 3 is 2.44 bits per heavy atom. The zero-order chi connectivity index (χ0) is 25.3. The number of aromatic nitrogens is 1. The van der Waals surface area contributed by atoms with Crippen molar-refractivity contribution >= 4 is 11.8 Å². The number of aryl methyl sites for hydroxylation is 1. The van der Waals surface area contributed by atoms with Crippen molar-refractivity contribution in [1.82, 2.24) is 4.98 Å². The second-order valence-electron chi connectivity index (χ2n) is 8.40. The van der Waals surface area contributed by atoms with Crippen molar-refractivity contribution < 1.29 is 24.2 Å². The van der Waals surface area contributed by atoms with Crippen LogP contribution < -0.4 is 9.47 Å². The largest absolute Gasteiger partial charge is 0.489 e. The quantitative estimate of drug-likeness (QED) is 0.257. The first-order valence-corrected chi connectivity index (χ1v) is 11.7. The fraction of sp³-hybridized carbons (Fsp3) is 0.167. The van der Waals surface area contributed by atoms with Gasteiger partial charge in [-0.25, -0.2) is 0 Å². The zero-order valence-corrected chi connectivity index (χ0v) is 20.0. The van der Waals surface area contributed by atoms with Gasteiger partial charge in [0.1, 0.15) is 24.2 Å². The lowest BCUT2D eigenvalue weighted by Crippen LogP contribution is -2.14. The monoisotopic (exact) mass is 481 g/mol. The molecule has 6 heteroatoms. The summed E-state index contributed by atoms with van der Waals surface area (Å²) in [5.74, 6) is -0.232. The lowest BCUT2D eigenvalue weighted by molar-refractivity contribution is -0.137. The van der Waals surface area contributed by atoms with Crippen molar-refractivity contribution in [1.29, 1.82) is 0 Å². The van der Waals surface area contributed by atoms with Crippen LogP contribution >= 0.6 is 0 Å². The molecular weight excluding hydrogens is 454 g/mol. The van der Waals surface area contributed by atoms with Crippen LogP contribution in [0.4, 0.5) is 0 Å². The molecule has 1 atom stereocenters. The summed E-state index contributed by atoms with van der Waals surface area (Å²) in [6.07, 6.45) is 3.05. The third-order valence-electron chi connectivity index (χ3n) is 5.79. The van der Waals surface area contributed by atoms with Crippen LogP contribution in [0, 0.1) is 6.92 Å². The molecule has 3 aromatic carbocycles. The topological polar surface area (TPSA) is 85.7 Å². The van der Waals surface area contributed by atoms with Crippen LogP contribution in [-0.2, 0) is 11.4 Å². The average Bonchev–Trinajstić information content (AvgIpc) is 2.91. The molecule has 0 saturated heterocycles. The minimum atomic E-state index is -0.911. The Morgan fingerprint density at radius 1 is 0.944 bits per heavy atom. The zero-order valence-electron chi connectivity index (χ0n) is 20.0. The molecule has 0 aliphatic rings. The highest BCUT2D eigenvalue weighted by Gasteiger charge is 2.22. The number of hydrogen-bond donors (Lipinski definition) is 1. The summed E-state index contributed by atoms with van der Waals surface area (Å²) in [5.41, 5.74) is 3.67. The normalized spacial score (nSPS) is 11.5. The number of ketones is 1. The highest BCUT2D eigenvalue weighted by molar-refractivity contribution is 6.10. The maximum atomic E-state index is 13.4.